The van der Waals surface area contributed by atoms with Crippen LogP contribution < -0.4 is 4.74 Å². The maximum absolute atomic E-state index is 14.7. The Balaban J connectivity index is 2.13. The summed E-state index contributed by atoms with van der Waals surface area (Å²) >= 11 is 6.22. The highest BCUT2D eigenvalue weighted by Crippen LogP contribution is 2.44. The van der Waals surface area contributed by atoms with Gasteiger partial charge in [0.05, 0.1) is 24.3 Å². The monoisotopic (exact) mass is 429 g/mol. The molecule has 1 aromatic carbocycles. The van der Waals surface area contributed by atoms with E-state index in [1.807, 2.05) is 36.2 Å². The highest BCUT2D eigenvalue weighted by atomic mass is 35.5. The van der Waals surface area contributed by atoms with Crippen LogP contribution in [0.5, 0.6) is 5.75 Å². The largest absolute Gasteiger partial charge is 0.493 e. The number of nitrogens with zero attached hydrogens (tertiary/aromatic N) is 3. The van der Waals surface area contributed by atoms with Crippen molar-refractivity contribution in [2.45, 2.75) is 26.1 Å². The molecule has 1 aliphatic heterocycles. The Labute approximate surface area is 171 Å². The van der Waals surface area contributed by atoms with Crippen molar-refractivity contribution in [2.24, 2.45) is 0 Å². The first kappa shape index (κ1) is 21.2. The second kappa shape index (κ2) is 8.10. The molecule has 0 fully saturated rings. The molecule has 1 unspecified atom stereocenters. The van der Waals surface area contributed by atoms with Gasteiger partial charge in [0.2, 0.25) is 0 Å². The lowest BCUT2D eigenvalue weighted by molar-refractivity contribution is -0.141. The Kier molecular flexibility index (Phi) is 5.93. The zero-order valence-corrected chi connectivity index (χ0v) is 16.9. The molecule has 0 amide bonds. The molecule has 156 valence electrons. The molecule has 0 saturated heterocycles. The summed E-state index contributed by atoms with van der Waals surface area (Å²) < 4.78 is 59.1. The quantitative estimate of drug-likeness (QED) is 0.570. The van der Waals surface area contributed by atoms with Crippen LogP contribution in [0.4, 0.5) is 17.6 Å². The summed E-state index contributed by atoms with van der Waals surface area (Å²) in [6.07, 6.45) is 0.237. The summed E-state index contributed by atoms with van der Waals surface area (Å²) in [4.78, 5) is 7.42. The second-order valence-corrected chi connectivity index (χ2v) is 7.09. The highest BCUT2D eigenvalue weighted by Gasteiger charge is 2.33. The van der Waals surface area contributed by atoms with Crippen LogP contribution in [-0.2, 0) is 6.18 Å². The topological polar surface area (TPSA) is 28.6 Å². The second-order valence-electron chi connectivity index (χ2n) is 6.72. The van der Waals surface area contributed by atoms with Gasteiger partial charge < -0.3 is 14.5 Å². The Hall–Kier alpha value is -2.48. The summed E-state index contributed by atoms with van der Waals surface area (Å²) in [7, 11) is 1.91. The Morgan fingerprint density at radius 1 is 1.28 bits per heavy atom. The third kappa shape index (κ3) is 4.27. The average Bonchev–Trinajstić information content (AvgIpc) is 3.10. The van der Waals surface area contributed by atoms with E-state index in [9.17, 15) is 17.6 Å². The van der Waals surface area contributed by atoms with Crippen LogP contribution >= 0.6 is 11.6 Å². The van der Waals surface area contributed by atoms with Crippen LogP contribution in [0.1, 0.15) is 31.1 Å². The SMILES string of the molecule is CCOc1c(C(C)N2C=CN(C)C2)cc(F)c(Cl)c1-c1ccc(C(F)(F)F)nc1. The fourth-order valence-corrected chi connectivity index (χ4v) is 3.44. The summed E-state index contributed by atoms with van der Waals surface area (Å²) in [5, 5.41) is -0.222. The first-order chi connectivity index (χ1) is 13.6. The molecule has 1 aromatic heterocycles. The summed E-state index contributed by atoms with van der Waals surface area (Å²) in [5.74, 6) is -0.348. The number of ether oxygens (including phenoxy) is 1. The van der Waals surface area contributed by atoms with Crippen LogP contribution in [-0.4, -0.2) is 35.1 Å². The van der Waals surface area contributed by atoms with Gasteiger partial charge in [-0.1, -0.05) is 17.7 Å². The molecule has 3 rings (SSSR count). The predicted molar refractivity (Wildman–Crippen MR) is 103 cm³/mol. The van der Waals surface area contributed by atoms with Gasteiger partial charge in [0.15, 0.2) is 0 Å². The Morgan fingerprint density at radius 2 is 2.00 bits per heavy atom. The first-order valence-electron chi connectivity index (χ1n) is 8.96. The molecule has 2 heterocycles. The van der Waals surface area contributed by atoms with E-state index in [-0.39, 0.29) is 28.8 Å². The predicted octanol–water partition coefficient (Wildman–Crippen LogP) is 5.70. The van der Waals surface area contributed by atoms with E-state index in [2.05, 4.69) is 4.98 Å². The van der Waals surface area contributed by atoms with Gasteiger partial charge in [0, 0.05) is 42.3 Å². The van der Waals surface area contributed by atoms with Crippen molar-refractivity contribution in [1.82, 2.24) is 14.8 Å². The van der Waals surface area contributed by atoms with E-state index in [0.717, 1.165) is 12.3 Å². The number of pyridine rings is 1. The van der Waals surface area contributed by atoms with Gasteiger partial charge in [-0.3, -0.25) is 4.98 Å². The van der Waals surface area contributed by atoms with E-state index in [1.165, 1.54) is 12.1 Å². The van der Waals surface area contributed by atoms with Gasteiger partial charge in [-0.2, -0.15) is 13.2 Å². The number of hydrogen-bond donors (Lipinski definition) is 0. The number of benzene rings is 1. The van der Waals surface area contributed by atoms with Crippen LogP contribution in [0.15, 0.2) is 36.8 Å². The number of aromatic nitrogens is 1. The normalized spacial score (nSPS) is 15.2. The minimum Gasteiger partial charge on any atom is -0.493 e. The third-order valence-electron chi connectivity index (χ3n) is 4.68. The molecule has 0 spiro atoms. The van der Waals surface area contributed by atoms with Gasteiger partial charge in [-0.05, 0) is 26.0 Å². The van der Waals surface area contributed by atoms with Gasteiger partial charge in [0.25, 0.3) is 0 Å². The minimum atomic E-state index is -4.57. The standard InChI is InChI=1S/C20H20ClF4N3O/c1-4-29-19-14(12(2)28-8-7-27(3)11-28)9-15(22)18(21)17(19)13-5-6-16(26-10-13)20(23,24)25/h5-10,12H,4,11H2,1-3H3. The van der Waals surface area contributed by atoms with Crippen molar-refractivity contribution >= 4 is 11.6 Å². The average molecular weight is 430 g/mol. The molecular formula is C20H20ClF4N3O. The summed E-state index contributed by atoms with van der Waals surface area (Å²) in [6, 6.07) is 3.11. The van der Waals surface area contributed by atoms with Crippen molar-refractivity contribution in [3.8, 4) is 16.9 Å². The maximum atomic E-state index is 14.7. The van der Waals surface area contributed by atoms with Crippen molar-refractivity contribution in [3.63, 3.8) is 0 Å². The zero-order chi connectivity index (χ0) is 21.3. The molecule has 4 nitrogen and oxygen atoms in total. The molecule has 0 bridgehead atoms. The highest BCUT2D eigenvalue weighted by molar-refractivity contribution is 6.34. The van der Waals surface area contributed by atoms with E-state index in [1.54, 1.807) is 6.92 Å². The van der Waals surface area contributed by atoms with E-state index < -0.39 is 17.7 Å². The first-order valence-corrected chi connectivity index (χ1v) is 9.33. The number of hydrogen-bond acceptors (Lipinski definition) is 4. The van der Waals surface area contributed by atoms with Crippen LogP contribution in [0, 0.1) is 5.82 Å². The lowest BCUT2D eigenvalue weighted by atomic mass is 9.97. The Morgan fingerprint density at radius 3 is 2.52 bits per heavy atom. The number of rotatable bonds is 5. The van der Waals surface area contributed by atoms with Crippen molar-refractivity contribution in [3.05, 3.63) is 58.9 Å². The molecule has 0 N–H and O–H groups in total. The fourth-order valence-electron chi connectivity index (χ4n) is 3.19. The lowest BCUT2D eigenvalue weighted by Crippen LogP contribution is -2.26. The van der Waals surface area contributed by atoms with E-state index >= 15 is 0 Å². The van der Waals surface area contributed by atoms with Gasteiger partial charge >= 0.3 is 6.18 Å². The molecule has 1 aliphatic rings. The summed E-state index contributed by atoms with van der Waals surface area (Å²) in [6.45, 7) is 4.54. The van der Waals surface area contributed by atoms with E-state index in [4.69, 9.17) is 16.3 Å². The van der Waals surface area contributed by atoms with Crippen molar-refractivity contribution < 1.29 is 22.3 Å². The molecule has 29 heavy (non-hydrogen) atoms. The molecular weight excluding hydrogens is 410 g/mol. The number of halogens is 5. The Bertz CT molecular complexity index is 915. The minimum absolute atomic E-state index is 0.188. The molecule has 0 saturated carbocycles. The van der Waals surface area contributed by atoms with Crippen LogP contribution in [0.2, 0.25) is 5.02 Å². The molecule has 0 radical (unpaired) electrons. The number of alkyl halides is 3. The van der Waals surface area contributed by atoms with Crippen molar-refractivity contribution in [2.75, 3.05) is 20.3 Å². The van der Waals surface area contributed by atoms with Crippen LogP contribution in [0.3, 0.4) is 0 Å². The van der Waals surface area contributed by atoms with Gasteiger partial charge in [-0.15, -0.1) is 0 Å². The zero-order valence-electron chi connectivity index (χ0n) is 16.1. The molecule has 0 aliphatic carbocycles. The third-order valence-corrected chi connectivity index (χ3v) is 5.05. The van der Waals surface area contributed by atoms with Gasteiger partial charge in [0.1, 0.15) is 17.3 Å². The molecule has 2 aromatic rings. The molecule has 1 atom stereocenters. The smallest absolute Gasteiger partial charge is 0.433 e. The van der Waals surface area contributed by atoms with Crippen LogP contribution in [0.25, 0.3) is 11.1 Å². The maximum Gasteiger partial charge on any atom is 0.433 e. The fraction of sp³-hybridized carbons (Fsp3) is 0.350. The summed E-state index contributed by atoms with van der Waals surface area (Å²) in [5.41, 5.74) is -0.0595. The lowest BCUT2D eigenvalue weighted by Gasteiger charge is -2.28. The molecule has 9 heteroatoms. The van der Waals surface area contributed by atoms with E-state index in [0.29, 0.717) is 18.0 Å². The van der Waals surface area contributed by atoms with Crippen molar-refractivity contribution in [1.29, 1.82) is 0 Å². The van der Waals surface area contributed by atoms with Gasteiger partial charge in [-0.25, -0.2) is 4.39 Å².